The molecular weight excluding hydrogens is 346 g/mol. The second-order valence-corrected chi connectivity index (χ2v) is 7.27. The number of fused-ring (bicyclic) bond motifs is 1. The lowest BCUT2D eigenvalue weighted by molar-refractivity contribution is -0.135. The Morgan fingerprint density at radius 2 is 1.73 bits per heavy atom. The highest BCUT2D eigenvalue weighted by molar-refractivity contribution is 7.21. The molecule has 0 fully saturated rings. The lowest BCUT2D eigenvalue weighted by atomic mass is 10.1. The molecule has 1 atom stereocenters. The number of hydrogen-bond donors (Lipinski definition) is 0. The van der Waals surface area contributed by atoms with Gasteiger partial charge in [0, 0.05) is 11.7 Å². The van der Waals surface area contributed by atoms with Gasteiger partial charge in [0.1, 0.15) is 4.88 Å². The highest BCUT2D eigenvalue weighted by Gasteiger charge is 2.21. The van der Waals surface area contributed by atoms with Crippen molar-refractivity contribution >= 4 is 33.3 Å². The van der Waals surface area contributed by atoms with Crippen molar-refractivity contribution in [1.29, 1.82) is 0 Å². The number of aryl methyl sites for hydroxylation is 1. The van der Waals surface area contributed by atoms with Gasteiger partial charge in [0.25, 0.3) is 5.91 Å². The molecule has 3 rings (SSSR count). The third-order valence-electron chi connectivity index (χ3n) is 4.61. The molecule has 1 unspecified atom stereocenters. The van der Waals surface area contributed by atoms with E-state index >= 15 is 0 Å². The Morgan fingerprint density at radius 3 is 2.42 bits per heavy atom. The molecule has 0 saturated carbocycles. The van der Waals surface area contributed by atoms with E-state index in [1.165, 1.54) is 11.3 Å². The van der Waals surface area contributed by atoms with Crippen LogP contribution in [0.25, 0.3) is 10.1 Å². The van der Waals surface area contributed by atoms with E-state index in [-0.39, 0.29) is 18.6 Å². The minimum absolute atomic E-state index is 0.0894. The van der Waals surface area contributed by atoms with Crippen molar-refractivity contribution in [3.63, 3.8) is 0 Å². The topological polar surface area (TPSA) is 46.6 Å². The summed E-state index contributed by atoms with van der Waals surface area (Å²) in [5.74, 6) is -0.675. The molecule has 0 spiro atoms. The van der Waals surface area contributed by atoms with E-state index in [0.717, 1.165) is 21.2 Å². The summed E-state index contributed by atoms with van der Waals surface area (Å²) >= 11 is 1.40. The quantitative estimate of drug-likeness (QED) is 0.620. The smallest absolute Gasteiger partial charge is 0.349 e. The maximum absolute atomic E-state index is 12.4. The fourth-order valence-electron chi connectivity index (χ4n) is 2.83. The Balaban J connectivity index is 1.65. The summed E-state index contributed by atoms with van der Waals surface area (Å²) in [5.41, 5.74) is 1.93. The molecule has 1 amide bonds. The molecule has 0 radical (unpaired) electrons. The minimum Gasteiger partial charge on any atom is -0.451 e. The molecule has 0 aliphatic rings. The van der Waals surface area contributed by atoms with Crippen LogP contribution in [0, 0.1) is 6.92 Å². The van der Waals surface area contributed by atoms with Crippen molar-refractivity contribution in [1.82, 2.24) is 4.90 Å². The maximum atomic E-state index is 12.4. The number of likely N-dealkylation sites (N-methyl/N-ethyl adjacent to an activating group) is 1. The number of thiophene rings is 1. The molecule has 0 saturated heterocycles. The molecule has 2 aromatic carbocycles. The first-order valence-corrected chi connectivity index (χ1v) is 9.26. The summed E-state index contributed by atoms with van der Waals surface area (Å²) in [7, 11) is 1.72. The van der Waals surface area contributed by atoms with Crippen LogP contribution < -0.4 is 0 Å². The van der Waals surface area contributed by atoms with Crippen LogP contribution in [-0.2, 0) is 9.53 Å². The Hall–Kier alpha value is -2.66. The molecule has 4 nitrogen and oxygen atoms in total. The van der Waals surface area contributed by atoms with Gasteiger partial charge in [-0.1, -0.05) is 48.5 Å². The Labute approximate surface area is 157 Å². The third kappa shape index (κ3) is 3.63. The van der Waals surface area contributed by atoms with Gasteiger partial charge in [-0.2, -0.15) is 0 Å². The number of amides is 1. The largest absolute Gasteiger partial charge is 0.451 e. The van der Waals surface area contributed by atoms with Crippen LogP contribution in [0.1, 0.15) is 33.8 Å². The van der Waals surface area contributed by atoms with Crippen molar-refractivity contribution in [3.8, 4) is 0 Å². The first-order chi connectivity index (χ1) is 12.5. The lowest BCUT2D eigenvalue weighted by Crippen LogP contribution is -2.33. The van der Waals surface area contributed by atoms with Crippen molar-refractivity contribution in [2.45, 2.75) is 19.9 Å². The van der Waals surface area contributed by atoms with E-state index in [9.17, 15) is 9.59 Å². The van der Waals surface area contributed by atoms with E-state index in [2.05, 4.69) is 0 Å². The minimum atomic E-state index is -0.446. The number of esters is 1. The molecule has 0 N–H and O–H groups in total. The molecule has 1 heterocycles. The van der Waals surface area contributed by atoms with Crippen LogP contribution in [-0.4, -0.2) is 30.4 Å². The average Bonchev–Trinajstić information content (AvgIpc) is 3.02. The summed E-state index contributed by atoms with van der Waals surface area (Å²) in [6, 6.07) is 17.5. The second-order valence-electron chi connectivity index (χ2n) is 6.22. The zero-order chi connectivity index (χ0) is 18.7. The van der Waals surface area contributed by atoms with Gasteiger partial charge in [-0.3, -0.25) is 4.79 Å². The van der Waals surface area contributed by atoms with Gasteiger partial charge in [-0.25, -0.2) is 4.79 Å². The van der Waals surface area contributed by atoms with Crippen LogP contribution in [0.5, 0.6) is 0 Å². The molecule has 26 heavy (non-hydrogen) atoms. The van der Waals surface area contributed by atoms with Gasteiger partial charge in [0.05, 0.1) is 6.04 Å². The SMILES string of the molecule is Cc1c(C(=O)OCC(=O)N(C)C(C)c2ccccc2)sc2ccccc12. The lowest BCUT2D eigenvalue weighted by Gasteiger charge is -2.25. The molecular formula is C21H21NO3S. The normalized spacial score (nSPS) is 12.0. The van der Waals surface area contributed by atoms with Crippen molar-refractivity contribution in [2.75, 3.05) is 13.7 Å². The van der Waals surface area contributed by atoms with E-state index in [0.29, 0.717) is 4.88 Å². The fraction of sp³-hybridized carbons (Fsp3) is 0.238. The molecule has 0 aliphatic heterocycles. The monoisotopic (exact) mass is 367 g/mol. The number of nitrogens with zero attached hydrogens (tertiary/aromatic N) is 1. The number of hydrogen-bond acceptors (Lipinski definition) is 4. The molecule has 1 aromatic heterocycles. The first kappa shape index (κ1) is 18.1. The predicted molar refractivity (Wildman–Crippen MR) is 104 cm³/mol. The Bertz CT molecular complexity index is 933. The summed E-state index contributed by atoms with van der Waals surface area (Å²) in [4.78, 5) is 27.0. The zero-order valence-electron chi connectivity index (χ0n) is 15.1. The molecule has 3 aromatic rings. The Morgan fingerprint density at radius 1 is 1.08 bits per heavy atom. The predicted octanol–water partition coefficient (Wildman–Crippen LogP) is 4.59. The molecule has 5 heteroatoms. The van der Waals surface area contributed by atoms with Gasteiger partial charge in [-0.15, -0.1) is 11.3 Å². The fourth-order valence-corrected chi connectivity index (χ4v) is 3.94. The van der Waals surface area contributed by atoms with Crippen molar-refractivity contribution in [3.05, 3.63) is 70.6 Å². The van der Waals surface area contributed by atoms with Gasteiger partial charge in [-0.05, 0) is 36.4 Å². The summed E-state index contributed by atoms with van der Waals surface area (Å²) in [6.45, 7) is 3.59. The Kier molecular flexibility index (Phi) is 5.38. The number of carbonyl (C=O) groups excluding carboxylic acids is 2. The van der Waals surface area contributed by atoms with E-state index < -0.39 is 5.97 Å². The van der Waals surface area contributed by atoms with E-state index in [1.807, 2.05) is 68.4 Å². The summed E-state index contributed by atoms with van der Waals surface area (Å²) in [5, 5.41) is 1.05. The first-order valence-electron chi connectivity index (χ1n) is 8.45. The van der Waals surface area contributed by atoms with Crippen LogP contribution >= 0.6 is 11.3 Å². The van der Waals surface area contributed by atoms with Gasteiger partial charge in [0.15, 0.2) is 6.61 Å². The van der Waals surface area contributed by atoms with Crippen molar-refractivity contribution in [2.24, 2.45) is 0 Å². The molecule has 0 aliphatic carbocycles. The standard InChI is InChI=1S/C21H21NO3S/c1-14-17-11-7-8-12-18(17)26-20(14)21(24)25-13-19(23)22(3)15(2)16-9-5-4-6-10-16/h4-12,15H,13H2,1-3H3. The van der Waals surface area contributed by atoms with Gasteiger partial charge >= 0.3 is 5.97 Å². The van der Waals surface area contributed by atoms with E-state index in [1.54, 1.807) is 11.9 Å². The molecule has 134 valence electrons. The summed E-state index contributed by atoms with van der Waals surface area (Å²) in [6.07, 6.45) is 0. The zero-order valence-corrected chi connectivity index (χ0v) is 15.9. The summed E-state index contributed by atoms with van der Waals surface area (Å²) < 4.78 is 6.33. The maximum Gasteiger partial charge on any atom is 0.349 e. The van der Waals surface area contributed by atoms with Crippen LogP contribution in [0.15, 0.2) is 54.6 Å². The van der Waals surface area contributed by atoms with Gasteiger partial charge < -0.3 is 9.64 Å². The average molecular weight is 367 g/mol. The van der Waals surface area contributed by atoms with Crippen molar-refractivity contribution < 1.29 is 14.3 Å². The highest BCUT2D eigenvalue weighted by Crippen LogP contribution is 2.31. The number of carbonyl (C=O) groups is 2. The number of benzene rings is 2. The highest BCUT2D eigenvalue weighted by atomic mass is 32.1. The van der Waals surface area contributed by atoms with Crippen LogP contribution in [0.4, 0.5) is 0 Å². The number of ether oxygens (including phenoxy) is 1. The molecule has 0 bridgehead atoms. The van der Waals surface area contributed by atoms with Crippen LogP contribution in [0.3, 0.4) is 0 Å². The van der Waals surface area contributed by atoms with Crippen LogP contribution in [0.2, 0.25) is 0 Å². The third-order valence-corrected chi connectivity index (χ3v) is 5.87. The van der Waals surface area contributed by atoms with Gasteiger partial charge in [0.2, 0.25) is 0 Å². The second kappa shape index (κ2) is 7.70. The number of rotatable bonds is 5. The van der Waals surface area contributed by atoms with E-state index in [4.69, 9.17) is 4.74 Å².